The van der Waals surface area contributed by atoms with Crippen LogP contribution in [0.15, 0.2) is 54.6 Å². The van der Waals surface area contributed by atoms with Crippen LogP contribution in [-0.4, -0.2) is 115 Å². The van der Waals surface area contributed by atoms with Crippen molar-refractivity contribution in [3.63, 3.8) is 0 Å². The van der Waals surface area contributed by atoms with Crippen molar-refractivity contribution in [2.75, 3.05) is 52.6 Å². The van der Waals surface area contributed by atoms with E-state index in [1.54, 1.807) is 38.1 Å². The van der Waals surface area contributed by atoms with Gasteiger partial charge in [-0.2, -0.15) is 0 Å². The van der Waals surface area contributed by atoms with Crippen LogP contribution in [0.2, 0.25) is 5.02 Å². The number of benzene rings is 2. The highest BCUT2D eigenvalue weighted by atomic mass is 35.5. The van der Waals surface area contributed by atoms with E-state index in [4.69, 9.17) is 25.8 Å². The summed E-state index contributed by atoms with van der Waals surface area (Å²) in [5.74, 6) is -1.59. The molecule has 0 saturated carbocycles. The lowest BCUT2D eigenvalue weighted by atomic mass is 9.90. The standard InChI is InChI=1S/C47H68ClN5O7S2/c1-30(2)25-37-44(56)59-38(11-10-12-40(54)50-36(27-33-15-18-39(58-8)35(48)26-33)43(55)49-29-46(4,5)45(57)51-37)31(3)41-42(60-41)34-16-13-32(14-17-34)28-53-23-21-52(22-24-53)20-19-47(6,7)62-61-9/h10,12-18,26,30-31,36-38,41-42H,11,19-25,27-29H2,1-9H3,(H,49,55)(H,50,54)(H,51,57)/b12-10+/t31-,36+,37-,38-,41+,42+/m0/s1. The van der Waals surface area contributed by atoms with Gasteiger partial charge >= 0.3 is 5.97 Å². The summed E-state index contributed by atoms with van der Waals surface area (Å²) in [5, 5.41) is 8.98. The molecule has 0 unspecified atom stereocenters. The van der Waals surface area contributed by atoms with Crippen LogP contribution in [0.3, 0.4) is 0 Å². The van der Waals surface area contributed by atoms with Crippen molar-refractivity contribution in [3.05, 3.63) is 76.3 Å². The Bertz CT molecular complexity index is 1870. The molecule has 3 aliphatic heterocycles. The average Bonchev–Trinajstić information content (AvgIpc) is 4.02. The van der Waals surface area contributed by atoms with Crippen LogP contribution in [0.4, 0.5) is 0 Å². The zero-order chi connectivity index (χ0) is 45.2. The molecule has 2 aromatic carbocycles. The van der Waals surface area contributed by atoms with Crippen molar-refractivity contribution in [2.45, 2.75) is 116 Å². The van der Waals surface area contributed by atoms with Crippen molar-refractivity contribution in [3.8, 4) is 5.75 Å². The van der Waals surface area contributed by atoms with Gasteiger partial charge in [0.1, 0.15) is 30.0 Å². The second-order valence-corrected chi connectivity index (χ2v) is 22.1. The number of piperazine rings is 1. The van der Waals surface area contributed by atoms with Gasteiger partial charge in [0.05, 0.1) is 23.7 Å². The molecule has 3 N–H and O–H groups in total. The Balaban J connectivity index is 1.26. The molecule has 3 amide bonds. The van der Waals surface area contributed by atoms with Crippen molar-refractivity contribution in [2.24, 2.45) is 17.3 Å². The molecule has 0 aliphatic carbocycles. The van der Waals surface area contributed by atoms with E-state index in [1.165, 1.54) is 25.2 Å². The highest BCUT2D eigenvalue weighted by Crippen LogP contribution is 2.45. The number of hydrogen-bond donors (Lipinski definition) is 3. The van der Waals surface area contributed by atoms with E-state index in [9.17, 15) is 19.2 Å². The Morgan fingerprint density at radius 1 is 0.952 bits per heavy atom. The number of nitrogens with one attached hydrogen (secondary N) is 3. The Labute approximate surface area is 382 Å². The van der Waals surface area contributed by atoms with Gasteiger partial charge in [-0.05, 0) is 94.2 Å². The molecule has 12 nitrogen and oxygen atoms in total. The number of esters is 1. The third-order valence-electron chi connectivity index (χ3n) is 12.0. The maximum atomic E-state index is 13.9. The molecule has 0 spiro atoms. The zero-order valence-electron chi connectivity index (χ0n) is 38.0. The summed E-state index contributed by atoms with van der Waals surface area (Å²) < 4.78 is 18.1. The number of amides is 3. The van der Waals surface area contributed by atoms with Gasteiger partial charge in [-0.15, -0.1) is 0 Å². The minimum Gasteiger partial charge on any atom is -0.495 e. The molecule has 3 aliphatic rings. The number of nitrogens with zero attached hydrogens (tertiary/aromatic N) is 2. The fraction of sp³-hybridized carbons (Fsp3) is 0.617. The third kappa shape index (κ3) is 14.6. The van der Waals surface area contributed by atoms with E-state index in [2.05, 4.69) is 70.1 Å². The van der Waals surface area contributed by atoms with Gasteiger partial charge < -0.3 is 35.1 Å². The first-order valence-electron chi connectivity index (χ1n) is 21.9. The Morgan fingerprint density at radius 3 is 2.27 bits per heavy atom. The number of halogens is 1. The van der Waals surface area contributed by atoms with E-state index in [0.717, 1.165) is 44.8 Å². The van der Waals surface area contributed by atoms with E-state index in [-0.39, 0.29) is 48.2 Å². The number of hydrogen-bond acceptors (Lipinski definition) is 11. The van der Waals surface area contributed by atoms with Crippen LogP contribution in [0.1, 0.15) is 90.5 Å². The normalized spacial score (nSPS) is 25.6. The van der Waals surface area contributed by atoms with Crippen LogP contribution >= 0.6 is 33.2 Å². The van der Waals surface area contributed by atoms with Crippen LogP contribution in [0.25, 0.3) is 0 Å². The van der Waals surface area contributed by atoms with E-state index in [0.29, 0.717) is 22.8 Å². The van der Waals surface area contributed by atoms with Gasteiger partial charge in [-0.25, -0.2) is 4.79 Å². The largest absolute Gasteiger partial charge is 0.495 e. The van der Waals surface area contributed by atoms with E-state index < -0.39 is 47.3 Å². The van der Waals surface area contributed by atoms with Gasteiger partial charge in [0.2, 0.25) is 17.7 Å². The van der Waals surface area contributed by atoms with Gasteiger partial charge in [-0.3, -0.25) is 19.3 Å². The lowest BCUT2D eigenvalue weighted by molar-refractivity contribution is -0.157. The number of epoxide rings is 1. The van der Waals surface area contributed by atoms with Crippen LogP contribution in [0.5, 0.6) is 5.75 Å². The molecule has 342 valence electrons. The summed E-state index contributed by atoms with van der Waals surface area (Å²) in [4.78, 5) is 59.8. The maximum absolute atomic E-state index is 13.9. The molecule has 2 saturated heterocycles. The summed E-state index contributed by atoms with van der Waals surface area (Å²) >= 11 is 6.39. The molecule has 15 heteroatoms. The SMILES string of the molecule is COc1ccc(C[C@H]2NC(=O)/C=C/C[C@@H]([C@H](C)[C@H]3O[C@@H]3c3ccc(CN4CCN(CCC(C)(C)SSC)CC4)cc3)OC(=O)[C@H](CC(C)C)NC(=O)C(C)(C)CNC2=O)cc1Cl. The minimum absolute atomic E-state index is 0.0401. The second kappa shape index (κ2) is 22.6. The Hall–Kier alpha value is -3.27. The van der Waals surface area contributed by atoms with E-state index in [1.807, 2.05) is 42.4 Å². The first-order chi connectivity index (χ1) is 29.4. The molecule has 0 aromatic heterocycles. The number of rotatable bonds is 15. The molecule has 2 fully saturated rings. The highest BCUT2D eigenvalue weighted by molar-refractivity contribution is 8.76. The van der Waals surface area contributed by atoms with Crippen LogP contribution in [-0.2, 0) is 41.6 Å². The van der Waals surface area contributed by atoms with Crippen molar-refractivity contribution in [1.29, 1.82) is 0 Å². The van der Waals surface area contributed by atoms with Crippen LogP contribution in [0, 0.1) is 17.3 Å². The Morgan fingerprint density at radius 2 is 1.63 bits per heavy atom. The summed E-state index contributed by atoms with van der Waals surface area (Å²) in [6.07, 6.45) is 6.02. The fourth-order valence-corrected chi connectivity index (χ4v) is 10.4. The molecule has 3 heterocycles. The van der Waals surface area contributed by atoms with Gasteiger partial charge in [-0.1, -0.05) is 90.4 Å². The number of carbonyl (C=O) groups excluding carboxylic acids is 4. The maximum Gasteiger partial charge on any atom is 0.328 e. The lowest BCUT2D eigenvalue weighted by Crippen LogP contribution is -2.54. The first-order valence-corrected chi connectivity index (χ1v) is 24.8. The van der Waals surface area contributed by atoms with Crippen LogP contribution < -0.4 is 20.7 Å². The molecule has 62 heavy (non-hydrogen) atoms. The van der Waals surface area contributed by atoms with Gasteiger partial charge in [0.25, 0.3) is 0 Å². The van der Waals surface area contributed by atoms with Crippen molar-refractivity contribution in [1.82, 2.24) is 25.8 Å². The molecule has 6 atom stereocenters. The number of carbonyl (C=O) groups is 4. The topological polar surface area (TPSA) is 142 Å². The third-order valence-corrected chi connectivity index (χ3v) is 14.9. The molecular formula is C47H68ClN5O7S2. The molecule has 0 bridgehead atoms. The minimum atomic E-state index is -1.10. The van der Waals surface area contributed by atoms with Crippen molar-refractivity contribution < 1.29 is 33.4 Å². The predicted molar refractivity (Wildman–Crippen MR) is 250 cm³/mol. The zero-order valence-corrected chi connectivity index (χ0v) is 40.4. The monoisotopic (exact) mass is 913 g/mol. The Kier molecular flexibility index (Phi) is 18.1. The molecular weight excluding hydrogens is 846 g/mol. The summed E-state index contributed by atoms with van der Waals surface area (Å²) in [6, 6.07) is 11.9. The molecule has 0 radical (unpaired) electrons. The quantitative estimate of drug-likeness (QED) is 0.0968. The van der Waals surface area contributed by atoms with Gasteiger partial charge in [0.15, 0.2) is 0 Å². The lowest BCUT2D eigenvalue weighted by Gasteiger charge is -2.36. The molecule has 2 aromatic rings. The fourth-order valence-electron chi connectivity index (χ4n) is 7.90. The second-order valence-electron chi connectivity index (χ2n) is 18.6. The summed E-state index contributed by atoms with van der Waals surface area (Å²) in [5.41, 5.74) is 1.93. The number of methoxy groups -OCH3 is 1. The highest BCUT2D eigenvalue weighted by Gasteiger charge is 2.48. The molecule has 5 rings (SSSR count). The summed E-state index contributed by atoms with van der Waals surface area (Å²) in [7, 11) is 5.32. The predicted octanol–water partition coefficient (Wildman–Crippen LogP) is 6.99. The number of cyclic esters (lactones) is 1. The summed E-state index contributed by atoms with van der Waals surface area (Å²) in [6.45, 7) is 20.3. The number of ether oxygens (including phenoxy) is 3. The first kappa shape index (κ1) is 49.7. The average molecular weight is 915 g/mol. The van der Waals surface area contributed by atoms with E-state index >= 15 is 0 Å². The van der Waals surface area contributed by atoms with Crippen molar-refractivity contribution >= 4 is 56.9 Å². The smallest absolute Gasteiger partial charge is 0.328 e. The van der Waals surface area contributed by atoms with Gasteiger partial charge in [0, 0.05) is 62.8 Å².